The van der Waals surface area contributed by atoms with Gasteiger partial charge in [-0.2, -0.15) is 0 Å². The summed E-state index contributed by atoms with van der Waals surface area (Å²) in [4.78, 5) is 11.6. The second-order valence-electron chi connectivity index (χ2n) is 6.97. The number of hydrogen-bond donors (Lipinski definition) is 0. The molecule has 0 radical (unpaired) electrons. The molecule has 3 nitrogen and oxygen atoms in total. The number of allylic oxidation sites excluding steroid dienone is 1. The van der Waals surface area contributed by atoms with Crippen LogP contribution < -0.4 is 0 Å². The first-order chi connectivity index (χ1) is 11.5. The third-order valence-electron chi connectivity index (χ3n) is 5.53. The summed E-state index contributed by atoms with van der Waals surface area (Å²) in [7, 11) is 1.40. The molecule has 0 spiro atoms. The molecule has 0 saturated heterocycles. The summed E-state index contributed by atoms with van der Waals surface area (Å²) in [5, 5.41) is 0. The SMILES string of the molecule is CCC1=CC(CC)(CC(CC)CC(CC)CC)O/C1=C/C(=O)OC. The summed E-state index contributed by atoms with van der Waals surface area (Å²) in [6.45, 7) is 11.1. The minimum Gasteiger partial charge on any atom is -0.483 e. The molecule has 0 aromatic rings. The topological polar surface area (TPSA) is 35.5 Å². The minimum absolute atomic E-state index is 0.266. The number of rotatable bonds is 10. The van der Waals surface area contributed by atoms with Crippen molar-refractivity contribution < 1.29 is 14.3 Å². The Kier molecular flexibility index (Phi) is 8.58. The first-order valence-corrected chi connectivity index (χ1v) is 9.68. The van der Waals surface area contributed by atoms with Crippen LogP contribution in [0.1, 0.15) is 79.6 Å². The van der Waals surface area contributed by atoms with Gasteiger partial charge < -0.3 is 9.47 Å². The molecule has 24 heavy (non-hydrogen) atoms. The Morgan fingerprint density at radius 1 is 1.17 bits per heavy atom. The van der Waals surface area contributed by atoms with Gasteiger partial charge in [0, 0.05) is 0 Å². The van der Waals surface area contributed by atoms with Gasteiger partial charge in [0.15, 0.2) is 0 Å². The van der Waals surface area contributed by atoms with E-state index in [1.54, 1.807) is 0 Å². The average Bonchev–Trinajstić information content (AvgIpc) is 2.96. The first-order valence-electron chi connectivity index (χ1n) is 9.68. The highest BCUT2D eigenvalue weighted by atomic mass is 16.5. The molecule has 2 atom stereocenters. The van der Waals surface area contributed by atoms with E-state index >= 15 is 0 Å². The van der Waals surface area contributed by atoms with Crippen LogP contribution in [-0.4, -0.2) is 18.7 Å². The number of carbonyl (C=O) groups excluding carboxylic acids is 1. The third-order valence-corrected chi connectivity index (χ3v) is 5.53. The Labute approximate surface area is 148 Å². The molecule has 0 aliphatic carbocycles. The molecule has 1 aliphatic rings. The van der Waals surface area contributed by atoms with E-state index in [4.69, 9.17) is 9.47 Å². The lowest BCUT2D eigenvalue weighted by Crippen LogP contribution is -2.29. The minimum atomic E-state index is -0.347. The van der Waals surface area contributed by atoms with E-state index in [0.717, 1.165) is 30.8 Å². The van der Waals surface area contributed by atoms with Gasteiger partial charge in [-0.15, -0.1) is 0 Å². The maximum Gasteiger partial charge on any atom is 0.334 e. The van der Waals surface area contributed by atoms with Crippen LogP contribution in [0.5, 0.6) is 0 Å². The van der Waals surface area contributed by atoms with Crippen LogP contribution in [0, 0.1) is 11.8 Å². The number of carbonyl (C=O) groups is 1. The number of ether oxygens (including phenoxy) is 2. The van der Waals surface area contributed by atoms with E-state index in [9.17, 15) is 4.79 Å². The molecular weight excluding hydrogens is 300 g/mol. The molecule has 0 amide bonds. The highest BCUT2D eigenvalue weighted by molar-refractivity contribution is 5.83. The molecule has 0 fully saturated rings. The van der Waals surface area contributed by atoms with E-state index in [1.165, 1.54) is 38.9 Å². The predicted octanol–water partition coefficient (Wildman–Crippen LogP) is 5.80. The first kappa shape index (κ1) is 20.8. The fourth-order valence-electron chi connectivity index (χ4n) is 3.66. The lowest BCUT2D eigenvalue weighted by Gasteiger charge is -2.32. The Bertz CT molecular complexity index is 460. The van der Waals surface area contributed by atoms with Crippen molar-refractivity contribution in [2.24, 2.45) is 11.8 Å². The fraction of sp³-hybridized carbons (Fsp3) is 0.762. The fourth-order valence-corrected chi connectivity index (χ4v) is 3.66. The van der Waals surface area contributed by atoms with E-state index < -0.39 is 0 Å². The highest BCUT2D eigenvalue weighted by Crippen LogP contribution is 2.42. The van der Waals surface area contributed by atoms with E-state index in [2.05, 4.69) is 40.7 Å². The number of esters is 1. The molecule has 1 rings (SSSR count). The molecule has 1 aliphatic heterocycles. The van der Waals surface area contributed by atoms with Crippen LogP contribution in [0.4, 0.5) is 0 Å². The van der Waals surface area contributed by atoms with Crippen molar-refractivity contribution in [3.8, 4) is 0 Å². The molecule has 3 heteroatoms. The molecule has 138 valence electrons. The summed E-state index contributed by atoms with van der Waals surface area (Å²) in [6, 6.07) is 0. The molecule has 0 saturated carbocycles. The number of hydrogen-bond acceptors (Lipinski definition) is 3. The normalized spacial score (nSPS) is 23.3. The van der Waals surface area contributed by atoms with Crippen LogP contribution in [0.15, 0.2) is 23.5 Å². The van der Waals surface area contributed by atoms with Crippen LogP contribution in [0.2, 0.25) is 0 Å². The van der Waals surface area contributed by atoms with Gasteiger partial charge in [-0.25, -0.2) is 4.79 Å². The second kappa shape index (κ2) is 9.90. The maximum absolute atomic E-state index is 11.6. The number of methoxy groups -OCH3 is 1. The predicted molar refractivity (Wildman–Crippen MR) is 99.7 cm³/mol. The second-order valence-corrected chi connectivity index (χ2v) is 6.97. The molecule has 0 aromatic carbocycles. The summed E-state index contributed by atoms with van der Waals surface area (Å²) in [5.41, 5.74) is 0.859. The van der Waals surface area contributed by atoms with Crippen molar-refractivity contribution in [2.75, 3.05) is 7.11 Å². The molecular formula is C21H36O3. The van der Waals surface area contributed by atoms with Crippen LogP contribution in [0.3, 0.4) is 0 Å². The smallest absolute Gasteiger partial charge is 0.334 e. The van der Waals surface area contributed by atoms with Crippen molar-refractivity contribution in [1.82, 2.24) is 0 Å². The highest BCUT2D eigenvalue weighted by Gasteiger charge is 2.38. The van der Waals surface area contributed by atoms with E-state index in [1.807, 2.05) is 0 Å². The third kappa shape index (κ3) is 5.39. The van der Waals surface area contributed by atoms with Gasteiger partial charge in [-0.1, -0.05) is 53.9 Å². The van der Waals surface area contributed by atoms with Crippen LogP contribution >= 0.6 is 0 Å². The Hall–Kier alpha value is -1.25. The van der Waals surface area contributed by atoms with Crippen molar-refractivity contribution >= 4 is 5.97 Å². The van der Waals surface area contributed by atoms with Gasteiger partial charge >= 0.3 is 5.97 Å². The van der Waals surface area contributed by atoms with Crippen molar-refractivity contribution in [2.45, 2.75) is 85.2 Å². The molecule has 2 unspecified atom stereocenters. The summed E-state index contributed by atoms with van der Waals surface area (Å²) < 4.78 is 11.1. The van der Waals surface area contributed by atoms with E-state index in [-0.39, 0.29) is 11.6 Å². The molecule has 0 aromatic heterocycles. The maximum atomic E-state index is 11.6. The van der Waals surface area contributed by atoms with Crippen LogP contribution in [0.25, 0.3) is 0 Å². The van der Waals surface area contributed by atoms with Gasteiger partial charge in [0.05, 0.1) is 13.2 Å². The van der Waals surface area contributed by atoms with Gasteiger partial charge in [-0.05, 0) is 49.2 Å². The van der Waals surface area contributed by atoms with Gasteiger partial charge in [-0.3, -0.25) is 0 Å². The Morgan fingerprint density at radius 2 is 1.79 bits per heavy atom. The largest absolute Gasteiger partial charge is 0.483 e. The summed E-state index contributed by atoms with van der Waals surface area (Å²) in [6.07, 6.45) is 11.5. The zero-order chi connectivity index (χ0) is 18.2. The quantitative estimate of drug-likeness (QED) is 0.373. The Balaban J connectivity index is 2.95. The zero-order valence-corrected chi connectivity index (χ0v) is 16.5. The molecule has 0 bridgehead atoms. The monoisotopic (exact) mass is 336 g/mol. The van der Waals surface area contributed by atoms with Gasteiger partial charge in [0.1, 0.15) is 11.4 Å². The lowest BCUT2D eigenvalue weighted by atomic mass is 9.80. The molecule has 1 heterocycles. The van der Waals surface area contributed by atoms with E-state index in [0.29, 0.717) is 11.7 Å². The van der Waals surface area contributed by atoms with Crippen LogP contribution in [-0.2, 0) is 14.3 Å². The summed E-state index contributed by atoms with van der Waals surface area (Å²) >= 11 is 0. The van der Waals surface area contributed by atoms with Gasteiger partial charge in [0.25, 0.3) is 0 Å². The zero-order valence-electron chi connectivity index (χ0n) is 16.5. The average molecular weight is 337 g/mol. The lowest BCUT2D eigenvalue weighted by molar-refractivity contribution is -0.135. The van der Waals surface area contributed by atoms with Crippen molar-refractivity contribution in [1.29, 1.82) is 0 Å². The molecule has 0 N–H and O–H groups in total. The van der Waals surface area contributed by atoms with Gasteiger partial charge in [0.2, 0.25) is 0 Å². The van der Waals surface area contributed by atoms with Crippen molar-refractivity contribution in [3.63, 3.8) is 0 Å². The Morgan fingerprint density at radius 3 is 2.25 bits per heavy atom. The summed E-state index contributed by atoms with van der Waals surface area (Å²) in [5.74, 6) is 1.80. The standard InChI is InChI=1S/C21H36O3/c1-7-16(8-2)12-17(9-3)14-21(11-5)15-18(10-4)19(24-21)13-20(22)23-6/h13,15-17H,7-12,14H2,1-6H3/b19-13+. The van der Waals surface area contributed by atoms with Crippen molar-refractivity contribution in [3.05, 3.63) is 23.5 Å².